The molecule has 1 amide bonds. The Morgan fingerprint density at radius 1 is 1.06 bits per heavy atom. The summed E-state index contributed by atoms with van der Waals surface area (Å²) >= 11 is 3.39. The molecule has 2 heterocycles. The number of hydrogen-bond donors (Lipinski definition) is 1. The Morgan fingerprint density at radius 3 is 2.30 bits per heavy atom. The highest BCUT2D eigenvalue weighted by Crippen LogP contribution is 2.42. The third kappa shape index (κ3) is 4.59. The van der Waals surface area contributed by atoms with Gasteiger partial charge in [0.05, 0.1) is 12.2 Å². The summed E-state index contributed by atoms with van der Waals surface area (Å²) in [6.07, 6.45) is 0. The van der Waals surface area contributed by atoms with Crippen LogP contribution < -0.4 is 9.64 Å². The van der Waals surface area contributed by atoms with Crippen LogP contribution in [0.1, 0.15) is 37.0 Å². The second kappa shape index (κ2) is 9.27. The van der Waals surface area contributed by atoms with E-state index in [1.807, 2.05) is 0 Å². The highest BCUT2D eigenvalue weighted by Gasteiger charge is 2.48. The average molecular weight is 510 g/mol. The van der Waals surface area contributed by atoms with Gasteiger partial charge < -0.3 is 14.3 Å². The summed E-state index contributed by atoms with van der Waals surface area (Å²) in [6.45, 7) is 6.47. The van der Waals surface area contributed by atoms with Crippen molar-refractivity contribution >= 4 is 39.1 Å². The van der Waals surface area contributed by atoms with Gasteiger partial charge in [-0.3, -0.25) is 14.5 Å². The molecule has 4 rings (SSSR count). The predicted molar refractivity (Wildman–Crippen MR) is 129 cm³/mol. The molecule has 1 aromatic heterocycles. The molecule has 3 aromatic rings. The maximum Gasteiger partial charge on any atom is 0.300 e. The van der Waals surface area contributed by atoms with Gasteiger partial charge in [0, 0.05) is 15.7 Å². The van der Waals surface area contributed by atoms with E-state index >= 15 is 0 Å². The number of carbonyl (C=O) groups is 2. The van der Waals surface area contributed by atoms with Gasteiger partial charge >= 0.3 is 0 Å². The SMILES string of the molecule is Cc1ccc(C2/C(=C(/O)c3ccc(OCC(C)C)cc3)C(=O)C(=O)N2c2ccc(Br)cc2)o1. The van der Waals surface area contributed by atoms with E-state index in [0.29, 0.717) is 41.0 Å². The van der Waals surface area contributed by atoms with Crippen molar-refractivity contribution in [2.24, 2.45) is 5.92 Å². The number of aryl methyl sites for hydroxylation is 1. The Hall–Kier alpha value is -3.32. The summed E-state index contributed by atoms with van der Waals surface area (Å²) in [5.41, 5.74) is 0.915. The highest BCUT2D eigenvalue weighted by atomic mass is 79.9. The molecule has 0 aliphatic carbocycles. The molecule has 0 saturated carbocycles. The summed E-state index contributed by atoms with van der Waals surface area (Å²) < 4.78 is 12.3. The minimum absolute atomic E-state index is 0.0203. The Kier molecular flexibility index (Phi) is 6.42. The lowest BCUT2D eigenvalue weighted by Gasteiger charge is -2.23. The number of carbonyl (C=O) groups excluding carboxylic acids is 2. The van der Waals surface area contributed by atoms with Crippen LogP contribution in [-0.2, 0) is 9.59 Å². The first-order valence-electron chi connectivity index (χ1n) is 10.6. The van der Waals surface area contributed by atoms with Gasteiger partial charge in [-0.2, -0.15) is 0 Å². The number of aliphatic hydroxyl groups is 1. The van der Waals surface area contributed by atoms with E-state index in [2.05, 4.69) is 29.8 Å². The molecule has 1 aliphatic rings. The maximum absolute atomic E-state index is 13.1. The molecule has 0 radical (unpaired) electrons. The lowest BCUT2D eigenvalue weighted by molar-refractivity contribution is -0.132. The standard InChI is InChI=1S/C26H24BrNO5/c1-15(2)14-32-20-11-5-17(6-12-20)24(29)22-23(21-13-4-16(3)33-21)28(26(31)25(22)30)19-9-7-18(27)8-10-19/h4-13,15,23,29H,14H2,1-3H3/b24-22-. The van der Waals surface area contributed by atoms with Crippen molar-refractivity contribution in [2.75, 3.05) is 11.5 Å². The van der Waals surface area contributed by atoms with E-state index in [1.54, 1.807) is 67.6 Å². The van der Waals surface area contributed by atoms with Crippen molar-refractivity contribution < 1.29 is 23.8 Å². The van der Waals surface area contributed by atoms with Crippen LogP contribution in [0.25, 0.3) is 5.76 Å². The zero-order valence-corrected chi connectivity index (χ0v) is 20.1. The average Bonchev–Trinajstić information content (AvgIpc) is 3.34. The Bertz CT molecular complexity index is 1210. The van der Waals surface area contributed by atoms with Crippen molar-refractivity contribution in [1.82, 2.24) is 0 Å². The predicted octanol–water partition coefficient (Wildman–Crippen LogP) is 6.01. The number of Topliss-reactive ketones (excluding diaryl/α,β-unsaturated/α-hetero) is 1. The molecule has 33 heavy (non-hydrogen) atoms. The summed E-state index contributed by atoms with van der Waals surface area (Å²) in [7, 11) is 0. The van der Waals surface area contributed by atoms with Gasteiger partial charge in [-0.25, -0.2) is 0 Å². The number of anilines is 1. The molecular weight excluding hydrogens is 486 g/mol. The zero-order valence-electron chi connectivity index (χ0n) is 18.5. The van der Waals surface area contributed by atoms with Crippen LogP contribution >= 0.6 is 15.9 Å². The maximum atomic E-state index is 13.1. The topological polar surface area (TPSA) is 80.0 Å². The lowest BCUT2D eigenvalue weighted by Crippen LogP contribution is -2.29. The fourth-order valence-corrected chi connectivity index (χ4v) is 3.96. The monoisotopic (exact) mass is 509 g/mol. The molecule has 1 atom stereocenters. The molecule has 1 saturated heterocycles. The minimum atomic E-state index is -0.892. The van der Waals surface area contributed by atoms with Gasteiger partial charge in [0.15, 0.2) is 0 Å². The Balaban J connectivity index is 1.79. The largest absolute Gasteiger partial charge is 0.507 e. The third-order valence-electron chi connectivity index (χ3n) is 5.29. The van der Waals surface area contributed by atoms with Gasteiger partial charge in [0.2, 0.25) is 0 Å². The molecule has 6 nitrogen and oxygen atoms in total. The molecule has 1 unspecified atom stereocenters. The number of hydrogen-bond acceptors (Lipinski definition) is 5. The van der Waals surface area contributed by atoms with E-state index < -0.39 is 17.7 Å². The number of ketones is 1. The van der Waals surface area contributed by atoms with E-state index in [4.69, 9.17) is 9.15 Å². The van der Waals surface area contributed by atoms with E-state index in [-0.39, 0.29) is 11.3 Å². The quantitative estimate of drug-likeness (QED) is 0.250. The third-order valence-corrected chi connectivity index (χ3v) is 5.82. The first kappa shape index (κ1) is 22.9. The van der Waals surface area contributed by atoms with Crippen LogP contribution in [0.3, 0.4) is 0 Å². The molecule has 1 N–H and O–H groups in total. The van der Waals surface area contributed by atoms with Gasteiger partial charge in [-0.15, -0.1) is 0 Å². The first-order valence-corrected chi connectivity index (χ1v) is 11.4. The molecule has 0 spiro atoms. The van der Waals surface area contributed by atoms with Crippen LogP contribution in [0.2, 0.25) is 0 Å². The molecule has 1 fully saturated rings. The van der Waals surface area contributed by atoms with Gasteiger partial charge in [-0.1, -0.05) is 29.8 Å². The lowest BCUT2D eigenvalue weighted by atomic mass is 9.99. The molecular formula is C26H24BrNO5. The summed E-state index contributed by atoms with van der Waals surface area (Å²) in [4.78, 5) is 27.6. The number of halogens is 1. The van der Waals surface area contributed by atoms with Gasteiger partial charge in [-0.05, 0) is 73.5 Å². The summed E-state index contributed by atoms with van der Waals surface area (Å²) in [5, 5.41) is 11.2. The first-order chi connectivity index (χ1) is 15.8. The second-order valence-corrected chi connectivity index (χ2v) is 9.24. The van der Waals surface area contributed by atoms with Gasteiger partial charge in [0.25, 0.3) is 11.7 Å². The summed E-state index contributed by atoms with van der Waals surface area (Å²) in [5.74, 6) is 0.316. The van der Waals surface area contributed by atoms with E-state index in [9.17, 15) is 14.7 Å². The number of benzene rings is 2. The highest BCUT2D eigenvalue weighted by molar-refractivity contribution is 9.10. The second-order valence-electron chi connectivity index (χ2n) is 8.32. The van der Waals surface area contributed by atoms with Crippen LogP contribution in [-0.4, -0.2) is 23.4 Å². The molecule has 170 valence electrons. The molecule has 0 bridgehead atoms. The normalized spacial score (nSPS) is 17.7. The molecule has 7 heteroatoms. The number of amides is 1. The van der Waals surface area contributed by atoms with Crippen molar-refractivity contribution in [3.05, 3.63) is 87.8 Å². The van der Waals surface area contributed by atoms with Crippen LogP contribution in [0.5, 0.6) is 5.75 Å². The van der Waals surface area contributed by atoms with Crippen LogP contribution in [0.15, 0.2) is 75.1 Å². The number of rotatable bonds is 6. The summed E-state index contributed by atoms with van der Waals surface area (Å²) in [6, 6.07) is 16.4. The number of ether oxygens (including phenoxy) is 1. The fourth-order valence-electron chi connectivity index (χ4n) is 3.70. The van der Waals surface area contributed by atoms with Crippen LogP contribution in [0.4, 0.5) is 5.69 Å². The Labute approximate surface area is 200 Å². The fraction of sp³-hybridized carbons (Fsp3) is 0.231. The van der Waals surface area contributed by atoms with Crippen molar-refractivity contribution in [3.8, 4) is 5.75 Å². The minimum Gasteiger partial charge on any atom is -0.507 e. The van der Waals surface area contributed by atoms with Crippen molar-refractivity contribution in [3.63, 3.8) is 0 Å². The number of furan rings is 1. The van der Waals surface area contributed by atoms with E-state index in [1.165, 1.54) is 4.90 Å². The van der Waals surface area contributed by atoms with E-state index in [0.717, 1.165) is 4.47 Å². The van der Waals surface area contributed by atoms with Crippen molar-refractivity contribution in [1.29, 1.82) is 0 Å². The molecule has 2 aromatic carbocycles. The van der Waals surface area contributed by atoms with Gasteiger partial charge in [0.1, 0.15) is 29.1 Å². The number of aliphatic hydroxyl groups excluding tert-OH is 1. The zero-order chi connectivity index (χ0) is 23.7. The van der Waals surface area contributed by atoms with Crippen molar-refractivity contribution in [2.45, 2.75) is 26.8 Å². The smallest absolute Gasteiger partial charge is 0.300 e. The Morgan fingerprint density at radius 2 is 1.73 bits per heavy atom. The number of nitrogens with zero attached hydrogens (tertiary/aromatic N) is 1. The van der Waals surface area contributed by atoms with Crippen LogP contribution in [0, 0.1) is 12.8 Å². The molecule has 1 aliphatic heterocycles.